The van der Waals surface area contributed by atoms with Crippen molar-refractivity contribution in [3.05, 3.63) is 11.9 Å². The van der Waals surface area contributed by atoms with Crippen LogP contribution in [-0.2, 0) is 0 Å². The van der Waals surface area contributed by atoms with Gasteiger partial charge in [-0.15, -0.1) is 0 Å². The van der Waals surface area contributed by atoms with Crippen LogP contribution in [-0.4, -0.2) is 6.16 Å². The second-order valence-electron chi connectivity index (χ2n) is 3.89. The smallest absolute Gasteiger partial charge is 0.0319 e. The zero-order valence-corrected chi connectivity index (χ0v) is 11.0. The van der Waals surface area contributed by atoms with Crippen LogP contribution >= 0.6 is 8.58 Å². The van der Waals surface area contributed by atoms with Crippen molar-refractivity contribution in [3.8, 4) is 0 Å². The molecule has 0 aromatic carbocycles. The van der Waals surface area contributed by atoms with E-state index in [9.17, 15) is 0 Å². The molecule has 0 nitrogen and oxygen atoms in total. The molecule has 0 rings (SSSR count). The van der Waals surface area contributed by atoms with Crippen molar-refractivity contribution in [2.45, 2.75) is 65.2 Å². The maximum absolute atomic E-state index is 2.36. The van der Waals surface area contributed by atoms with Crippen molar-refractivity contribution in [2.24, 2.45) is 0 Å². The zero-order chi connectivity index (χ0) is 10.5. The van der Waals surface area contributed by atoms with Crippen molar-refractivity contribution in [3.63, 3.8) is 0 Å². The van der Waals surface area contributed by atoms with Gasteiger partial charge in [-0.3, -0.25) is 0 Å². The van der Waals surface area contributed by atoms with Crippen LogP contribution < -0.4 is 0 Å². The van der Waals surface area contributed by atoms with Crippen molar-refractivity contribution in [2.75, 3.05) is 6.16 Å². The maximum Gasteiger partial charge on any atom is -0.0319 e. The molecule has 0 bridgehead atoms. The Morgan fingerprint density at radius 3 is 2.14 bits per heavy atom. The van der Waals surface area contributed by atoms with E-state index in [1.807, 2.05) is 0 Å². The van der Waals surface area contributed by atoms with Crippen molar-refractivity contribution >= 4 is 8.58 Å². The third kappa shape index (κ3) is 12.2. The Morgan fingerprint density at radius 2 is 1.50 bits per heavy atom. The van der Waals surface area contributed by atoms with E-state index in [2.05, 4.69) is 25.7 Å². The lowest BCUT2D eigenvalue weighted by atomic mass is 10.1. The average Bonchev–Trinajstić information content (AvgIpc) is 2.21. The minimum atomic E-state index is 1.07. The molecule has 0 fully saturated rings. The van der Waals surface area contributed by atoms with Crippen molar-refractivity contribution in [1.29, 1.82) is 0 Å². The van der Waals surface area contributed by atoms with E-state index in [1.54, 1.807) is 0 Å². The van der Waals surface area contributed by atoms with Gasteiger partial charge in [0.25, 0.3) is 0 Å². The standard InChI is InChI=1S/C13H27P/c1-3-5-7-8-9-10-11-13-14-12-6-4-2/h6,12,14H,3-5,7-11,13H2,1-2H3/b12-6+. The zero-order valence-electron chi connectivity index (χ0n) is 10.0. The molecule has 0 aliphatic carbocycles. The molecule has 0 spiro atoms. The van der Waals surface area contributed by atoms with E-state index in [4.69, 9.17) is 0 Å². The van der Waals surface area contributed by atoms with Crippen LogP contribution in [0.15, 0.2) is 11.9 Å². The summed E-state index contributed by atoms with van der Waals surface area (Å²) in [5.41, 5.74) is 0. The molecular formula is C13H27P. The molecule has 0 saturated carbocycles. The molecule has 1 unspecified atom stereocenters. The predicted octanol–water partition coefficient (Wildman–Crippen LogP) is 5.34. The molecule has 84 valence electrons. The van der Waals surface area contributed by atoms with Gasteiger partial charge in [-0.05, 0) is 19.0 Å². The summed E-state index contributed by atoms with van der Waals surface area (Å²) in [6, 6.07) is 0. The first kappa shape index (κ1) is 14.2. The van der Waals surface area contributed by atoms with Crippen LogP contribution in [0.25, 0.3) is 0 Å². The Balaban J connectivity index is 2.88. The van der Waals surface area contributed by atoms with E-state index in [1.165, 1.54) is 57.5 Å². The highest BCUT2D eigenvalue weighted by molar-refractivity contribution is 7.41. The summed E-state index contributed by atoms with van der Waals surface area (Å²) in [4.78, 5) is 0. The highest BCUT2D eigenvalue weighted by atomic mass is 31.1. The van der Waals surface area contributed by atoms with E-state index < -0.39 is 0 Å². The van der Waals surface area contributed by atoms with Crippen LogP contribution in [0.3, 0.4) is 0 Å². The summed E-state index contributed by atoms with van der Waals surface area (Å²) in [5.74, 6) is 2.36. The summed E-state index contributed by atoms with van der Waals surface area (Å²) < 4.78 is 0. The van der Waals surface area contributed by atoms with E-state index in [0.29, 0.717) is 0 Å². The number of rotatable bonds is 10. The van der Waals surface area contributed by atoms with E-state index in [0.717, 1.165) is 8.58 Å². The summed E-state index contributed by atoms with van der Waals surface area (Å²) in [5, 5.41) is 0. The normalized spacial score (nSPS) is 12.1. The van der Waals surface area contributed by atoms with Crippen LogP contribution in [0.1, 0.15) is 65.2 Å². The molecule has 0 saturated heterocycles. The second kappa shape index (κ2) is 13.2. The Labute approximate surface area is 92.3 Å². The molecular weight excluding hydrogens is 187 g/mol. The quantitative estimate of drug-likeness (QED) is 0.340. The largest absolute Gasteiger partial charge is 0.0987 e. The number of hydrogen-bond donors (Lipinski definition) is 0. The number of allylic oxidation sites excluding steroid dienone is 1. The van der Waals surface area contributed by atoms with Crippen molar-refractivity contribution in [1.82, 2.24) is 0 Å². The Kier molecular flexibility index (Phi) is 13.3. The molecule has 0 aliphatic heterocycles. The molecule has 0 heterocycles. The van der Waals surface area contributed by atoms with Gasteiger partial charge in [0.05, 0.1) is 0 Å². The summed E-state index contributed by atoms with van der Waals surface area (Å²) >= 11 is 0. The predicted molar refractivity (Wildman–Crippen MR) is 70.6 cm³/mol. The highest BCUT2D eigenvalue weighted by Gasteiger charge is 1.89. The second-order valence-corrected chi connectivity index (χ2v) is 5.13. The molecule has 0 radical (unpaired) electrons. The average molecular weight is 214 g/mol. The van der Waals surface area contributed by atoms with Gasteiger partial charge in [0.2, 0.25) is 0 Å². The SMILES string of the molecule is CC/C=C/PCCCCCCCCC. The summed E-state index contributed by atoms with van der Waals surface area (Å²) in [7, 11) is 1.07. The van der Waals surface area contributed by atoms with E-state index >= 15 is 0 Å². The highest BCUT2D eigenvalue weighted by Crippen LogP contribution is 2.16. The monoisotopic (exact) mass is 214 g/mol. The minimum absolute atomic E-state index is 1.07. The number of hydrogen-bond acceptors (Lipinski definition) is 0. The Hall–Kier alpha value is 0.170. The van der Waals surface area contributed by atoms with Gasteiger partial charge in [-0.25, -0.2) is 0 Å². The number of unbranched alkanes of at least 4 members (excludes halogenated alkanes) is 6. The van der Waals surface area contributed by atoms with Gasteiger partial charge in [-0.1, -0.05) is 72.8 Å². The fourth-order valence-corrected chi connectivity index (χ4v) is 2.49. The maximum atomic E-state index is 2.36. The van der Waals surface area contributed by atoms with Crippen LogP contribution in [0.2, 0.25) is 0 Å². The fourth-order valence-electron chi connectivity index (χ4n) is 1.47. The van der Waals surface area contributed by atoms with E-state index in [-0.39, 0.29) is 0 Å². The van der Waals surface area contributed by atoms with Crippen LogP contribution in [0.4, 0.5) is 0 Å². The van der Waals surface area contributed by atoms with Gasteiger partial charge in [-0.2, -0.15) is 0 Å². The molecule has 0 amide bonds. The first-order chi connectivity index (χ1) is 6.91. The topological polar surface area (TPSA) is 0 Å². The van der Waals surface area contributed by atoms with Gasteiger partial charge in [0, 0.05) is 0 Å². The van der Waals surface area contributed by atoms with Gasteiger partial charge < -0.3 is 0 Å². The first-order valence-corrected chi connectivity index (χ1v) is 7.58. The lowest BCUT2D eigenvalue weighted by molar-refractivity contribution is 0.603. The van der Waals surface area contributed by atoms with Crippen LogP contribution in [0, 0.1) is 0 Å². The lowest BCUT2D eigenvalue weighted by Gasteiger charge is -1.99. The summed E-state index contributed by atoms with van der Waals surface area (Å²) in [6.45, 7) is 4.48. The minimum Gasteiger partial charge on any atom is -0.0987 e. The Morgan fingerprint density at radius 1 is 0.857 bits per heavy atom. The molecule has 0 aromatic heterocycles. The molecule has 1 atom stereocenters. The fraction of sp³-hybridized carbons (Fsp3) is 0.846. The van der Waals surface area contributed by atoms with Gasteiger partial charge >= 0.3 is 0 Å². The van der Waals surface area contributed by atoms with Crippen LogP contribution in [0.5, 0.6) is 0 Å². The molecule has 14 heavy (non-hydrogen) atoms. The molecule has 0 aromatic rings. The summed E-state index contributed by atoms with van der Waals surface area (Å²) in [6.07, 6.45) is 15.0. The molecule has 0 aliphatic rings. The third-order valence-corrected chi connectivity index (χ3v) is 3.51. The van der Waals surface area contributed by atoms with Gasteiger partial charge in [0.15, 0.2) is 0 Å². The lowest BCUT2D eigenvalue weighted by Crippen LogP contribution is -1.80. The van der Waals surface area contributed by atoms with Gasteiger partial charge in [0.1, 0.15) is 0 Å². The first-order valence-electron chi connectivity index (χ1n) is 6.30. The Bertz CT molecular complexity index is 118. The molecule has 0 N–H and O–H groups in total. The molecule has 1 heteroatoms. The third-order valence-electron chi connectivity index (χ3n) is 2.40. The van der Waals surface area contributed by atoms with Crippen molar-refractivity contribution < 1.29 is 0 Å².